The third kappa shape index (κ3) is 3.13. The molecule has 1 atom stereocenters. The molecule has 1 aromatic carbocycles. The van der Waals surface area contributed by atoms with Crippen LogP contribution in [0.3, 0.4) is 0 Å². The molecular formula is C14H22N2O3S. The maximum Gasteiger partial charge on any atom is 0.154 e. The highest BCUT2D eigenvalue weighted by Crippen LogP contribution is 2.34. The van der Waals surface area contributed by atoms with Gasteiger partial charge in [0, 0.05) is 6.26 Å². The summed E-state index contributed by atoms with van der Waals surface area (Å²) in [5, 5.41) is 0. The molecule has 0 aromatic heterocycles. The zero-order chi connectivity index (χ0) is 15.0. The van der Waals surface area contributed by atoms with Gasteiger partial charge < -0.3 is 4.74 Å². The van der Waals surface area contributed by atoms with Gasteiger partial charge in [-0.05, 0) is 44.4 Å². The first kappa shape index (κ1) is 15.3. The van der Waals surface area contributed by atoms with E-state index < -0.39 is 20.6 Å². The van der Waals surface area contributed by atoms with Gasteiger partial charge in [0.1, 0.15) is 5.75 Å². The van der Waals surface area contributed by atoms with E-state index in [2.05, 4.69) is 5.43 Å². The second kappa shape index (κ2) is 5.35. The predicted molar refractivity (Wildman–Crippen MR) is 79.1 cm³/mol. The Balaban J connectivity index is 2.31. The zero-order valence-corrected chi connectivity index (χ0v) is 12.9. The molecule has 112 valence electrons. The van der Waals surface area contributed by atoms with Crippen LogP contribution in [-0.2, 0) is 9.84 Å². The van der Waals surface area contributed by atoms with Crippen LogP contribution >= 0.6 is 0 Å². The Morgan fingerprint density at radius 2 is 2.05 bits per heavy atom. The molecule has 3 N–H and O–H groups in total. The quantitative estimate of drug-likeness (QED) is 0.615. The summed E-state index contributed by atoms with van der Waals surface area (Å²) in [6, 6.07) is 6.95. The first-order valence-corrected chi connectivity index (χ1v) is 8.57. The lowest BCUT2D eigenvalue weighted by Gasteiger charge is -2.32. The Hall–Kier alpha value is -1.11. The smallest absolute Gasteiger partial charge is 0.154 e. The van der Waals surface area contributed by atoms with Crippen LogP contribution < -0.4 is 16.0 Å². The summed E-state index contributed by atoms with van der Waals surface area (Å²) in [4.78, 5) is 0. The standard InChI is InChI=1S/C14H22N2O3S/c1-14(2,20(3,17)18)13(16-15)10-5-4-6-12(9-10)19-11-7-8-11/h4-6,9,11,13,16H,7-8,15H2,1-3H3. The first-order chi connectivity index (χ1) is 9.25. The molecule has 5 nitrogen and oxygen atoms in total. The Morgan fingerprint density at radius 1 is 1.40 bits per heavy atom. The molecule has 0 saturated heterocycles. The van der Waals surface area contributed by atoms with Crippen molar-refractivity contribution in [3.8, 4) is 5.75 Å². The third-order valence-corrected chi connectivity index (χ3v) is 5.98. The van der Waals surface area contributed by atoms with Crippen LogP contribution in [0.2, 0.25) is 0 Å². The van der Waals surface area contributed by atoms with Crippen molar-refractivity contribution >= 4 is 9.84 Å². The van der Waals surface area contributed by atoms with Gasteiger partial charge in [-0.2, -0.15) is 0 Å². The highest BCUT2D eigenvalue weighted by molar-refractivity contribution is 7.92. The lowest BCUT2D eigenvalue weighted by molar-refractivity contribution is 0.302. The van der Waals surface area contributed by atoms with Crippen LogP contribution in [0.1, 0.15) is 38.3 Å². The topological polar surface area (TPSA) is 81.4 Å². The van der Waals surface area contributed by atoms with E-state index >= 15 is 0 Å². The van der Waals surface area contributed by atoms with Crippen molar-refractivity contribution in [3.63, 3.8) is 0 Å². The summed E-state index contributed by atoms with van der Waals surface area (Å²) in [5.41, 5.74) is 3.43. The van der Waals surface area contributed by atoms with Crippen molar-refractivity contribution < 1.29 is 13.2 Å². The van der Waals surface area contributed by atoms with Crippen LogP contribution in [0.4, 0.5) is 0 Å². The van der Waals surface area contributed by atoms with Gasteiger partial charge >= 0.3 is 0 Å². The average molecular weight is 298 g/mol. The number of nitrogens with two attached hydrogens (primary N) is 1. The Bertz CT molecular complexity index is 580. The molecule has 0 radical (unpaired) electrons. The van der Waals surface area contributed by atoms with Crippen LogP contribution in [0.15, 0.2) is 24.3 Å². The predicted octanol–water partition coefficient (Wildman–Crippen LogP) is 1.56. The molecule has 6 heteroatoms. The third-order valence-electron chi connectivity index (χ3n) is 3.84. The molecule has 1 unspecified atom stereocenters. The summed E-state index contributed by atoms with van der Waals surface area (Å²) in [5.74, 6) is 6.35. The van der Waals surface area contributed by atoms with Crippen LogP contribution in [0.25, 0.3) is 0 Å². The number of hydrazine groups is 1. The Kier molecular flexibility index (Phi) is 4.09. The van der Waals surface area contributed by atoms with E-state index in [1.807, 2.05) is 24.3 Å². The molecule has 1 aromatic rings. The number of sulfone groups is 1. The minimum atomic E-state index is -3.27. The fourth-order valence-electron chi connectivity index (χ4n) is 2.06. The Labute approximate surface area is 120 Å². The molecule has 0 amide bonds. The van der Waals surface area contributed by atoms with Gasteiger partial charge in [-0.3, -0.25) is 11.3 Å². The van der Waals surface area contributed by atoms with E-state index in [1.165, 1.54) is 6.26 Å². The van der Waals surface area contributed by atoms with Gasteiger partial charge in [0.2, 0.25) is 0 Å². The summed E-state index contributed by atoms with van der Waals surface area (Å²) in [6.45, 7) is 3.34. The second-order valence-electron chi connectivity index (χ2n) is 5.86. The number of ether oxygens (including phenoxy) is 1. The monoisotopic (exact) mass is 298 g/mol. The maximum absolute atomic E-state index is 12.0. The molecule has 2 rings (SSSR count). The fraction of sp³-hybridized carbons (Fsp3) is 0.571. The highest BCUT2D eigenvalue weighted by atomic mass is 32.2. The van der Waals surface area contributed by atoms with Crippen LogP contribution in [0, 0.1) is 0 Å². The van der Waals surface area contributed by atoms with Crippen molar-refractivity contribution in [3.05, 3.63) is 29.8 Å². The average Bonchev–Trinajstić information content (AvgIpc) is 3.12. The maximum atomic E-state index is 12.0. The highest BCUT2D eigenvalue weighted by Gasteiger charge is 2.39. The lowest BCUT2D eigenvalue weighted by atomic mass is 9.95. The minimum Gasteiger partial charge on any atom is -0.490 e. The van der Waals surface area contributed by atoms with Crippen molar-refractivity contribution in [1.82, 2.24) is 5.43 Å². The summed E-state index contributed by atoms with van der Waals surface area (Å²) in [6.07, 6.45) is 3.69. The molecule has 0 heterocycles. The summed E-state index contributed by atoms with van der Waals surface area (Å²) in [7, 11) is -3.27. The van der Waals surface area contributed by atoms with Gasteiger partial charge in [-0.15, -0.1) is 0 Å². The number of rotatable bonds is 6. The molecule has 20 heavy (non-hydrogen) atoms. The molecule has 0 spiro atoms. The summed E-state index contributed by atoms with van der Waals surface area (Å²) >= 11 is 0. The van der Waals surface area contributed by atoms with Crippen molar-refractivity contribution in [2.24, 2.45) is 5.84 Å². The minimum absolute atomic E-state index is 0.303. The van der Waals surface area contributed by atoms with E-state index in [0.717, 1.165) is 24.2 Å². The molecule has 0 aliphatic heterocycles. The molecule has 0 bridgehead atoms. The van der Waals surface area contributed by atoms with Gasteiger partial charge in [0.05, 0.1) is 16.9 Å². The second-order valence-corrected chi connectivity index (χ2v) is 8.46. The molecule has 1 aliphatic carbocycles. The van der Waals surface area contributed by atoms with Crippen LogP contribution in [0.5, 0.6) is 5.75 Å². The van der Waals surface area contributed by atoms with Gasteiger partial charge in [0.25, 0.3) is 0 Å². The summed E-state index contributed by atoms with van der Waals surface area (Å²) < 4.78 is 28.7. The molecular weight excluding hydrogens is 276 g/mol. The van der Waals surface area contributed by atoms with Gasteiger partial charge in [-0.1, -0.05) is 12.1 Å². The number of hydrogen-bond acceptors (Lipinski definition) is 5. The number of benzene rings is 1. The molecule has 1 saturated carbocycles. The van der Waals surface area contributed by atoms with Crippen molar-refractivity contribution in [1.29, 1.82) is 0 Å². The SMILES string of the molecule is CC(C)(C(NN)c1cccc(OC2CC2)c1)S(C)(=O)=O. The largest absolute Gasteiger partial charge is 0.490 e. The first-order valence-electron chi connectivity index (χ1n) is 6.68. The zero-order valence-electron chi connectivity index (χ0n) is 12.1. The van der Waals surface area contributed by atoms with Crippen molar-refractivity contribution in [2.75, 3.05) is 6.26 Å². The van der Waals surface area contributed by atoms with Gasteiger partial charge in [0.15, 0.2) is 9.84 Å². The van der Waals surface area contributed by atoms with Crippen molar-refractivity contribution in [2.45, 2.75) is 43.6 Å². The fourth-order valence-corrected chi connectivity index (χ4v) is 2.69. The van der Waals surface area contributed by atoms with Crippen LogP contribution in [-0.4, -0.2) is 25.5 Å². The molecule has 1 aliphatic rings. The van der Waals surface area contributed by atoms with E-state index in [0.29, 0.717) is 6.10 Å². The van der Waals surface area contributed by atoms with E-state index in [9.17, 15) is 8.42 Å². The number of hydrogen-bond donors (Lipinski definition) is 2. The lowest BCUT2D eigenvalue weighted by Crippen LogP contribution is -2.47. The Morgan fingerprint density at radius 3 is 2.55 bits per heavy atom. The van der Waals surface area contributed by atoms with E-state index in [4.69, 9.17) is 10.6 Å². The normalized spacial score (nSPS) is 17.8. The van der Waals surface area contributed by atoms with E-state index in [1.54, 1.807) is 13.8 Å². The van der Waals surface area contributed by atoms with Gasteiger partial charge in [-0.25, -0.2) is 8.42 Å². The molecule has 1 fully saturated rings. The van der Waals surface area contributed by atoms with E-state index in [-0.39, 0.29) is 0 Å². The number of nitrogens with one attached hydrogen (secondary N) is 1.